The largest absolute Gasteiger partial charge is 0.497 e. The normalized spacial score (nSPS) is 10.9. The molecule has 0 aliphatic carbocycles. The Balaban J connectivity index is 1.88. The first-order chi connectivity index (χ1) is 17.2. The van der Waals surface area contributed by atoms with Gasteiger partial charge in [-0.05, 0) is 61.2 Å². The molecule has 190 valence electrons. The number of methoxy groups -OCH3 is 1. The van der Waals surface area contributed by atoms with Gasteiger partial charge in [0, 0.05) is 23.3 Å². The molecule has 0 radical (unpaired) electrons. The van der Waals surface area contributed by atoms with Crippen molar-refractivity contribution in [2.75, 3.05) is 31.0 Å². The number of amides is 2. The highest BCUT2D eigenvalue weighted by atomic mass is 16.5. The number of hydrogen-bond acceptors (Lipinski definition) is 5. The Morgan fingerprint density at radius 1 is 0.722 bits per heavy atom. The van der Waals surface area contributed by atoms with Gasteiger partial charge in [-0.3, -0.25) is 9.59 Å². The molecule has 7 heteroatoms. The topological polar surface area (TPSA) is 85.9 Å². The second-order valence-corrected chi connectivity index (χ2v) is 9.17. The molecule has 2 N–H and O–H groups in total. The van der Waals surface area contributed by atoms with E-state index >= 15 is 0 Å². The summed E-state index contributed by atoms with van der Waals surface area (Å²) < 4.78 is 16.7. The second kappa shape index (κ2) is 11.6. The summed E-state index contributed by atoms with van der Waals surface area (Å²) in [5, 5.41) is 5.81. The first-order valence-corrected chi connectivity index (χ1v) is 12.0. The van der Waals surface area contributed by atoms with E-state index in [2.05, 4.69) is 31.4 Å². The number of nitrogens with one attached hydrogen (secondary N) is 2. The van der Waals surface area contributed by atoms with Crippen molar-refractivity contribution in [1.29, 1.82) is 0 Å². The van der Waals surface area contributed by atoms with E-state index in [-0.39, 0.29) is 17.2 Å². The van der Waals surface area contributed by atoms with Crippen LogP contribution < -0.4 is 24.8 Å². The molecule has 0 saturated heterocycles. The quantitative estimate of drug-likeness (QED) is 0.368. The van der Waals surface area contributed by atoms with Gasteiger partial charge in [0.15, 0.2) is 0 Å². The zero-order valence-electron chi connectivity index (χ0n) is 21.7. The molecule has 3 aromatic carbocycles. The van der Waals surface area contributed by atoms with Crippen molar-refractivity contribution in [1.82, 2.24) is 0 Å². The summed E-state index contributed by atoms with van der Waals surface area (Å²) in [7, 11) is 1.57. The van der Waals surface area contributed by atoms with E-state index in [0.717, 1.165) is 5.56 Å². The molecule has 0 aromatic heterocycles. The Morgan fingerprint density at radius 2 is 1.14 bits per heavy atom. The third kappa shape index (κ3) is 6.56. The fourth-order valence-corrected chi connectivity index (χ4v) is 3.56. The summed E-state index contributed by atoms with van der Waals surface area (Å²) in [6.07, 6.45) is 0. The lowest BCUT2D eigenvalue weighted by Gasteiger charge is -2.19. The van der Waals surface area contributed by atoms with E-state index in [1.165, 1.54) is 0 Å². The summed E-state index contributed by atoms with van der Waals surface area (Å²) in [6.45, 7) is 10.8. The van der Waals surface area contributed by atoms with Gasteiger partial charge in [-0.25, -0.2) is 0 Å². The van der Waals surface area contributed by atoms with Gasteiger partial charge < -0.3 is 24.8 Å². The molecule has 2 amide bonds. The van der Waals surface area contributed by atoms with Gasteiger partial charge in [0.25, 0.3) is 11.8 Å². The van der Waals surface area contributed by atoms with Crippen molar-refractivity contribution in [2.45, 2.75) is 40.0 Å². The van der Waals surface area contributed by atoms with Crippen molar-refractivity contribution in [3.8, 4) is 17.2 Å². The van der Waals surface area contributed by atoms with Crippen molar-refractivity contribution >= 4 is 23.2 Å². The first-order valence-electron chi connectivity index (χ1n) is 12.0. The summed E-state index contributed by atoms with van der Waals surface area (Å²) in [4.78, 5) is 25.9. The standard InChI is InChI=1S/C29H34N2O5/c1-7-35-25-18-24(31-28(33)20-11-15-22(34-6)16-12-20)26(36-8-2)17-23(25)30-27(32)19-9-13-21(14-10-19)29(3,4)5/h9-18H,7-8H2,1-6H3,(H,30,32)(H,31,33). The minimum absolute atomic E-state index is 0.00435. The van der Waals surface area contributed by atoms with Gasteiger partial charge in [0.1, 0.15) is 17.2 Å². The molecule has 0 bridgehead atoms. The predicted molar refractivity (Wildman–Crippen MR) is 143 cm³/mol. The third-order valence-electron chi connectivity index (χ3n) is 5.54. The molecular weight excluding hydrogens is 456 g/mol. The number of anilines is 2. The van der Waals surface area contributed by atoms with Crippen LogP contribution >= 0.6 is 0 Å². The van der Waals surface area contributed by atoms with Gasteiger partial charge in [-0.1, -0.05) is 32.9 Å². The maximum atomic E-state index is 13.0. The molecule has 0 heterocycles. The van der Waals surface area contributed by atoms with Crippen LogP contribution in [0.2, 0.25) is 0 Å². The van der Waals surface area contributed by atoms with Crippen LogP contribution in [0.3, 0.4) is 0 Å². The lowest BCUT2D eigenvalue weighted by Crippen LogP contribution is -2.16. The first kappa shape index (κ1) is 26.6. The predicted octanol–water partition coefficient (Wildman–Crippen LogP) is 6.29. The Labute approximate surface area is 212 Å². The highest BCUT2D eigenvalue weighted by Crippen LogP contribution is 2.37. The van der Waals surface area contributed by atoms with Crippen LogP contribution in [0.1, 0.15) is 60.9 Å². The molecule has 0 saturated carbocycles. The number of carbonyl (C=O) groups excluding carboxylic acids is 2. The van der Waals surface area contributed by atoms with E-state index in [9.17, 15) is 9.59 Å². The van der Waals surface area contributed by atoms with Gasteiger partial charge in [-0.2, -0.15) is 0 Å². The molecule has 0 aliphatic rings. The lowest BCUT2D eigenvalue weighted by molar-refractivity contribution is 0.101. The van der Waals surface area contributed by atoms with E-state index in [1.807, 2.05) is 38.1 Å². The molecule has 0 spiro atoms. The van der Waals surface area contributed by atoms with Gasteiger partial charge >= 0.3 is 0 Å². The fraction of sp³-hybridized carbons (Fsp3) is 0.310. The molecule has 36 heavy (non-hydrogen) atoms. The van der Waals surface area contributed by atoms with Crippen LogP contribution in [-0.4, -0.2) is 32.1 Å². The van der Waals surface area contributed by atoms with Gasteiger partial charge in [0.05, 0.1) is 31.7 Å². The Morgan fingerprint density at radius 3 is 1.50 bits per heavy atom. The number of rotatable bonds is 9. The van der Waals surface area contributed by atoms with Crippen LogP contribution in [0.5, 0.6) is 17.2 Å². The number of carbonyl (C=O) groups is 2. The minimum Gasteiger partial charge on any atom is -0.497 e. The van der Waals surface area contributed by atoms with Crippen molar-refractivity contribution in [2.24, 2.45) is 0 Å². The SMILES string of the molecule is CCOc1cc(NC(=O)c2ccc(C(C)(C)C)cc2)c(OCC)cc1NC(=O)c1ccc(OC)cc1. The molecule has 7 nitrogen and oxygen atoms in total. The fourth-order valence-electron chi connectivity index (χ4n) is 3.56. The smallest absolute Gasteiger partial charge is 0.255 e. The maximum absolute atomic E-state index is 13.0. The Hall–Kier alpha value is -4.00. The highest BCUT2D eigenvalue weighted by Gasteiger charge is 2.19. The van der Waals surface area contributed by atoms with Crippen LogP contribution in [-0.2, 0) is 5.41 Å². The highest BCUT2D eigenvalue weighted by molar-refractivity contribution is 6.07. The third-order valence-corrected chi connectivity index (χ3v) is 5.54. The summed E-state index contributed by atoms with van der Waals surface area (Å²) >= 11 is 0. The molecule has 3 aromatic rings. The zero-order chi connectivity index (χ0) is 26.3. The van der Waals surface area contributed by atoms with Crippen molar-refractivity contribution < 1.29 is 23.8 Å². The van der Waals surface area contributed by atoms with Gasteiger partial charge in [0.2, 0.25) is 0 Å². The minimum atomic E-state index is -0.309. The van der Waals surface area contributed by atoms with Crippen LogP contribution in [0.25, 0.3) is 0 Å². The molecule has 0 unspecified atom stereocenters. The van der Waals surface area contributed by atoms with E-state index in [4.69, 9.17) is 14.2 Å². The Bertz CT molecular complexity index is 1200. The van der Waals surface area contributed by atoms with E-state index < -0.39 is 0 Å². The summed E-state index contributed by atoms with van der Waals surface area (Å²) in [5.74, 6) is 0.922. The van der Waals surface area contributed by atoms with Crippen molar-refractivity contribution in [3.05, 3.63) is 77.4 Å². The molecular formula is C29H34N2O5. The Kier molecular flexibility index (Phi) is 8.59. The van der Waals surface area contributed by atoms with Crippen LogP contribution in [0.15, 0.2) is 60.7 Å². The average Bonchev–Trinajstić information content (AvgIpc) is 2.86. The monoisotopic (exact) mass is 490 g/mol. The number of ether oxygens (including phenoxy) is 3. The van der Waals surface area contributed by atoms with Crippen LogP contribution in [0.4, 0.5) is 11.4 Å². The number of benzene rings is 3. The number of hydrogen-bond donors (Lipinski definition) is 2. The second-order valence-electron chi connectivity index (χ2n) is 9.17. The lowest BCUT2D eigenvalue weighted by atomic mass is 9.87. The summed E-state index contributed by atoms with van der Waals surface area (Å²) in [5.41, 5.74) is 3.02. The molecule has 3 rings (SSSR count). The molecule has 0 aliphatic heterocycles. The van der Waals surface area contributed by atoms with Crippen LogP contribution in [0, 0.1) is 0 Å². The van der Waals surface area contributed by atoms with Gasteiger partial charge in [-0.15, -0.1) is 0 Å². The molecule has 0 atom stereocenters. The molecule has 0 fully saturated rings. The summed E-state index contributed by atoms with van der Waals surface area (Å²) in [6, 6.07) is 17.7. The van der Waals surface area contributed by atoms with E-state index in [0.29, 0.717) is 53.0 Å². The maximum Gasteiger partial charge on any atom is 0.255 e. The van der Waals surface area contributed by atoms with Crippen molar-refractivity contribution in [3.63, 3.8) is 0 Å². The average molecular weight is 491 g/mol. The zero-order valence-corrected chi connectivity index (χ0v) is 21.7. The van der Waals surface area contributed by atoms with E-state index in [1.54, 1.807) is 43.5 Å².